The molecule has 8 heteroatoms. The first-order valence-corrected chi connectivity index (χ1v) is 8.33. The number of rotatable bonds is 3. The van der Waals surface area contributed by atoms with E-state index in [1.807, 2.05) is 34.7 Å². The van der Waals surface area contributed by atoms with Gasteiger partial charge >= 0.3 is 0 Å². The van der Waals surface area contributed by atoms with Crippen LogP contribution < -0.4 is 10.5 Å². The van der Waals surface area contributed by atoms with Gasteiger partial charge in [-0.15, -0.1) is 10.2 Å². The van der Waals surface area contributed by atoms with Crippen LogP contribution in [0.1, 0.15) is 18.7 Å². The van der Waals surface area contributed by atoms with Crippen molar-refractivity contribution in [2.45, 2.75) is 24.9 Å². The topological polar surface area (TPSA) is 99.9 Å². The Morgan fingerprint density at radius 2 is 2.20 bits per heavy atom. The highest BCUT2D eigenvalue weighted by Crippen LogP contribution is 2.27. The molecule has 1 atom stereocenters. The van der Waals surface area contributed by atoms with E-state index < -0.39 is 5.60 Å². The van der Waals surface area contributed by atoms with Gasteiger partial charge < -0.3 is 14.6 Å². The number of aryl methyl sites for hydroxylation is 1. The number of hydrogen-bond acceptors (Lipinski definition) is 6. The average molecular weight is 340 g/mol. The number of fused-ring (bicyclic) bond motifs is 1. The summed E-state index contributed by atoms with van der Waals surface area (Å²) in [6.07, 6.45) is 3.53. The van der Waals surface area contributed by atoms with Crippen molar-refractivity contribution in [3.63, 3.8) is 0 Å². The number of aromatic nitrogens is 5. The Morgan fingerprint density at radius 3 is 3.00 bits per heavy atom. The molecule has 3 heterocycles. The maximum absolute atomic E-state index is 12.3. The number of hydrogen-bond donors (Lipinski definition) is 2. The lowest BCUT2D eigenvalue weighted by Gasteiger charge is -2.39. The molecule has 3 aromatic rings. The lowest BCUT2D eigenvalue weighted by Crippen LogP contribution is -2.50. The fourth-order valence-electron chi connectivity index (χ4n) is 3.42. The normalized spacial score (nSPS) is 21.0. The van der Waals surface area contributed by atoms with Crippen LogP contribution in [-0.4, -0.2) is 48.5 Å². The molecule has 2 N–H and O–H groups in total. The number of nitrogens with zero attached hydrogens (tertiary/aromatic N) is 5. The number of nitrogens with one attached hydrogen (secondary N) is 1. The SMILES string of the molecule is Cn1cnnc1CC1(O)CCCN(c2nc3ccccc3c(=O)[nH]2)C1. The van der Waals surface area contributed by atoms with Crippen LogP contribution in [0.4, 0.5) is 5.95 Å². The maximum Gasteiger partial charge on any atom is 0.260 e. The lowest BCUT2D eigenvalue weighted by molar-refractivity contribution is 0.0234. The Hall–Kier alpha value is -2.74. The fourth-order valence-corrected chi connectivity index (χ4v) is 3.42. The van der Waals surface area contributed by atoms with Gasteiger partial charge in [-0.1, -0.05) is 12.1 Å². The first-order chi connectivity index (χ1) is 12.0. The third-order valence-corrected chi connectivity index (χ3v) is 4.75. The molecule has 0 spiro atoms. The van der Waals surface area contributed by atoms with Crippen molar-refractivity contribution in [2.75, 3.05) is 18.0 Å². The molecular weight excluding hydrogens is 320 g/mol. The van der Waals surface area contributed by atoms with E-state index in [4.69, 9.17) is 0 Å². The molecule has 0 radical (unpaired) electrons. The smallest absolute Gasteiger partial charge is 0.260 e. The van der Waals surface area contributed by atoms with E-state index in [0.29, 0.717) is 36.2 Å². The van der Waals surface area contributed by atoms with Crippen LogP contribution in [0.5, 0.6) is 0 Å². The number of para-hydroxylation sites is 1. The van der Waals surface area contributed by atoms with Gasteiger partial charge in [0.05, 0.1) is 16.5 Å². The van der Waals surface area contributed by atoms with E-state index in [9.17, 15) is 9.90 Å². The van der Waals surface area contributed by atoms with Gasteiger partial charge in [-0.25, -0.2) is 4.98 Å². The van der Waals surface area contributed by atoms with Gasteiger partial charge in [0.15, 0.2) is 0 Å². The molecule has 1 saturated heterocycles. The van der Waals surface area contributed by atoms with Crippen LogP contribution in [-0.2, 0) is 13.5 Å². The van der Waals surface area contributed by atoms with Crippen molar-refractivity contribution >= 4 is 16.9 Å². The zero-order valence-corrected chi connectivity index (χ0v) is 14.0. The lowest BCUT2D eigenvalue weighted by atomic mass is 9.89. The molecule has 0 aliphatic carbocycles. The van der Waals surface area contributed by atoms with E-state index in [2.05, 4.69) is 20.2 Å². The molecule has 8 nitrogen and oxygen atoms in total. The summed E-state index contributed by atoms with van der Waals surface area (Å²) in [5, 5.41) is 19.5. The Kier molecular flexibility index (Phi) is 3.76. The average Bonchev–Trinajstić information content (AvgIpc) is 2.99. The summed E-state index contributed by atoms with van der Waals surface area (Å²) < 4.78 is 1.81. The van der Waals surface area contributed by atoms with Crippen LogP contribution in [0.25, 0.3) is 10.9 Å². The largest absolute Gasteiger partial charge is 0.388 e. The molecule has 25 heavy (non-hydrogen) atoms. The molecule has 0 bridgehead atoms. The summed E-state index contributed by atoms with van der Waals surface area (Å²) >= 11 is 0. The number of aromatic amines is 1. The number of aliphatic hydroxyl groups is 1. The number of anilines is 1. The van der Waals surface area contributed by atoms with Gasteiger partial charge in [-0.05, 0) is 25.0 Å². The molecule has 130 valence electrons. The standard InChI is InChI=1S/C17H20N6O2/c1-22-11-18-21-14(22)9-17(25)7-4-8-23(10-17)16-19-13-6-3-2-5-12(13)15(24)20-16/h2-3,5-6,11,25H,4,7-10H2,1H3,(H,19,20,24). The first kappa shape index (κ1) is 15.8. The van der Waals surface area contributed by atoms with Crippen molar-refractivity contribution < 1.29 is 5.11 Å². The van der Waals surface area contributed by atoms with Gasteiger partial charge in [-0.2, -0.15) is 0 Å². The summed E-state index contributed by atoms with van der Waals surface area (Å²) in [6, 6.07) is 7.26. The molecular formula is C17H20N6O2. The number of benzene rings is 1. The number of β-amino-alcohol motifs (C(OH)–C–C–N with tert-alkyl or cyclic N) is 1. The van der Waals surface area contributed by atoms with Crippen LogP contribution in [0.3, 0.4) is 0 Å². The van der Waals surface area contributed by atoms with E-state index in [-0.39, 0.29) is 5.56 Å². The summed E-state index contributed by atoms with van der Waals surface area (Å²) in [6.45, 7) is 1.13. The number of piperidine rings is 1. The minimum absolute atomic E-state index is 0.164. The third-order valence-electron chi connectivity index (χ3n) is 4.75. The molecule has 2 aromatic heterocycles. The van der Waals surface area contributed by atoms with Gasteiger partial charge in [-0.3, -0.25) is 9.78 Å². The van der Waals surface area contributed by atoms with Crippen molar-refractivity contribution in [3.05, 3.63) is 46.8 Å². The highest BCUT2D eigenvalue weighted by Gasteiger charge is 2.35. The van der Waals surface area contributed by atoms with E-state index in [1.54, 1.807) is 12.4 Å². The Bertz CT molecular complexity index is 965. The second kappa shape index (κ2) is 5.96. The molecule has 1 aromatic carbocycles. The highest BCUT2D eigenvalue weighted by atomic mass is 16.3. The zero-order valence-electron chi connectivity index (χ0n) is 14.0. The van der Waals surface area contributed by atoms with E-state index in [0.717, 1.165) is 18.8 Å². The molecule has 1 unspecified atom stereocenters. The summed E-state index contributed by atoms with van der Waals surface area (Å²) in [5.74, 6) is 1.24. The minimum atomic E-state index is -0.927. The minimum Gasteiger partial charge on any atom is -0.388 e. The molecule has 0 saturated carbocycles. The molecule has 1 aliphatic heterocycles. The Labute approximate surface area is 144 Å². The summed E-state index contributed by atoms with van der Waals surface area (Å²) in [4.78, 5) is 21.6. The van der Waals surface area contributed by atoms with Gasteiger partial charge in [0, 0.05) is 26.6 Å². The molecule has 0 amide bonds. The Morgan fingerprint density at radius 1 is 1.36 bits per heavy atom. The maximum atomic E-state index is 12.3. The summed E-state index contributed by atoms with van der Waals surface area (Å²) in [5.41, 5.74) is -0.435. The summed E-state index contributed by atoms with van der Waals surface area (Å²) in [7, 11) is 1.86. The van der Waals surface area contributed by atoms with Crippen molar-refractivity contribution in [1.82, 2.24) is 24.7 Å². The van der Waals surface area contributed by atoms with Crippen molar-refractivity contribution in [2.24, 2.45) is 7.05 Å². The van der Waals surface area contributed by atoms with Gasteiger partial charge in [0.2, 0.25) is 5.95 Å². The third kappa shape index (κ3) is 3.00. The van der Waals surface area contributed by atoms with Crippen molar-refractivity contribution in [1.29, 1.82) is 0 Å². The van der Waals surface area contributed by atoms with E-state index in [1.165, 1.54) is 0 Å². The second-order valence-corrected chi connectivity index (χ2v) is 6.69. The molecule has 1 aliphatic rings. The predicted octanol–water partition coefficient (Wildman–Crippen LogP) is 0.626. The first-order valence-electron chi connectivity index (χ1n) is 8.33. The van der Waals surface area contributed by atoms with Gasteiger partial charge in [0.25, 0.3) is 5.56 Å². The Balaban J connectivity index is 1.63. The number of H-pyrrole nitrogens is 1. The van der Waals surface area contributed by atoms with E-state index >= 15 is 0 Å². The van der Waals surface area contributed by atoms with Crippen LogP contribution >= 0.6 is 0 Å². The second-order valence-electron chi connectivity index (χ2n) is 6.69. The van der Waals surface area contributed by atoms with Crippen LogP contribution in [0.2, 0.25) is 0 Å². The predicted molar refractivity (Wildman–Crippen MR) is 93.5 cm³/mol. The zero-order chi connectivity index (χ0) is 17.4. The fraction of sp³-hybridized carbons (Fsp3) is 0.412. The van der Waals surface area contributed by atoms with Crippen LogP contribution in [0.15, 0.2) is 35.4 Å². The monoisotopic (exact) mass is 340 g/mol. The molecule has 1 fully saturated rings. The quantitative estimate of drug-likeness (QED) is 0.725. The van der Waals surface area contributed by atoms with Crippen molar-refractivity contribution in [3.8, 4) is 0 Å². The van der Waals surface area contributed by atoms with Gasteiger partial charge in [0.1, 0.15) is 12.2 Å². The highest BCUT2D eigenvalue weighted by molar-refractivity contribution is 5.78. The molecule has 4 rings (SSSR count). The van der Waals surface area contributed by atoms with Crippen LogP contribution in [0, 0.1) is 0 Å².